The smallest absolute Gasteiger partial charge is 0.236 e. The fraction of sp³-hybridized carbons (Fsp3) is 0.750. The highest BCUT2D eigenvalue weighted by Gasteiger charge is 2.65. The maximum Gasteiger partial charge on any atom is 0.236 e. The van der Waals surface area contributed by atoms with E-state index in [-0.39, 0.29) is 59.4 Å². The second-order valence-electron chi connectivity index (χ2n) is 14.3. The molecule has 3 heterocycles. The summed E-state index contributed by atoms with van der Waals surface area (Å²) in [5.74, 6) is 12.3. The summed E-state index contributed by atoms with van der Waals surface area (Å²) in [7, 11) is 0. The van der Waals surface area contributed by atoms with E-state index in [0.29, 0.717) is 13.1 Å². The first-order valence-electron chi connectivity index (χ1n) is 15.1. The zero-order valence-electron chi connectivity index (χ0n) is 25.2. The van der Waals surface area contributed by atoms with Crippen molar-refractivity contribution in [3.8, 4) is 23.7 Å². The first kappa shape index (κ1) is 28.8. The fourth-order valence-corrected chi connectivity index (χ4v) is 8.06. The number of fused-ring (bicyclic) bond motifs is 4. The third-order valence-corrected chi connectivity index (χ3v) is 12.1. The molecule has 4 bridgehead atoms. The zero-order chi connectivity index (χ0) is 29.1. The summed E-state index contributed by atoms with van der Waals surface area (Å²) in [4.78, 5) is 57.9. The topological polar surface area (TPSA) is 83.6 Å². The van der Waals surface area contributed by atoms with Crippen LogP contribution < -0.4 is 9.80 Å². The van der Waals surface area contributed by atoms with Crippen LogP contribution in [0.15, 0.2) is 0 Å². The average molecular weight is 551 g/mol. The number of amides is 4. The molecule has 2 saturated carbocycles. The van der Waals surface area contributed by atoms with E-state index in [0.717, 1.165) is 51.9 Å². The molecule has 3 aliphatic heterocycles. The normalized spacial score (nSPS) is 37.6. The molecule has 0 aromatic rings. The summed E-state index contributed by atoms with van der Waals surface area (Å²) in [5, 5.41) is 0. The first-order valence-corrected chi connectivity index (χ1v) is 15.1. The molecular formula is C32H46N4O4+2. The van der Waals surface area contributed by atoms with Crippen molar-refractivity contribution in [3.05, 3.63) is 0 Å². The number of piperazine rings is 1. The Morgan fingerprint density at radius 2 is 0.975 bits per heavy atom. The lowest BCUT2D eigenvalue weighted by Gasteiger charge is -2.47. The highest BCUT2D eigenvalue weighted by molar-refractivity contribution is 6.04. The molecule has 40 heavy (non-hydrogen) atoms. The molecule has 0 aromatic heterocycles. The van der Waals surface area contributed by atoms with Gasteiger partial charge in [0, 0.05) is 11.8 Å². The summed E-state index contributed by atoms with van der Waals surface area (Å²) in [6.07, 6.45) is 3.11. The molecule has 0 radical (unpaired) electrons. The Morgan fingerprint density at radius 3 is 1.32 bits per heavy atom. The number of imide groups is 2. The molecule has 4 amide bonds. The number of rotatable bonds is 4. The largest absolute Gasteiger partial charge is 0.316 e. The van der Waals surface area contributed by atoms with Gasteiger partial charge in [-0.05, 0) is 48.4 Å². The Bertz CT molecular complexity index is 1140. The molecule has 0 unspecified atom stereocenters. The lowest BCUT2D eigenvalue weighted by Crippen LogP contribution is -3.28. The maximum atomic E-state index is 13.1. The number of piperidine rings is 2. The van der Waals surface area contributed by atoms with Gasteiger partial charge in [-0.1, -0.05) is 53.4 Å². The van der Waals surface area contributed by atoms with Gasteiger partial charge in [-0.15, -0.1) is 0 Å². The van der Waals surface area contributed by atoms with Crippen molar-refractivity contribution in [2.24, 2.45) is 33.5 Å². The van der Waals surface area contributed by atoms with Crippen molar-refractivity contribution in [2.75, 3.05) is 52.4 Å². The minimum atomic E-state index is -0.478. The number of nitrogens with zero attached hydrogens (tertiary/aromatic N) is 2. The third-order valence-electron chi connectivity index (χ3n) is 12.1. The van der Waals surface area contributed by atoms with E-state index >= 15 is 0 Å². The molecule has 2 N–H and O–H groups in total. The van der Waals surface area contributed by atoms with Crippen molar-refractivity contribution in [3.63, 3.8) is 0 Å². The van der Waals surface area contributed by atoms with Crippen LogP contribution in [-0.4, -0.2) is 85.8 Å². The number of hydrogen-bond donors (Lipinski definition) is 2. The number of likely N-dealkylation sites (tertiary alicyclic amines) is 2. The van der Waals surface area contributed by atoms with Crippen LogP contribution in [0.1, 0.15) is 67.2 Å². The van der Waals surface area contributed by atoms with E-state index in [4.69, 9.17) is 0 Å². The summed E-state index contributed by atoms with van der Waals surface area (Å²) in [6.45, 7) is 18.0. The Morgan fingerprint density at radius 1 is 0.625 bits per heavy atom. The maximum absolute atomic E-state index is 13.1. The highest BCUT2D eigenvalue weighted by atomic mass is 16.2. The molecule has 8 nitrogen and oxygen atoms in total. The van der Waals surface area contributed by atoms with E-state index < -0.39 is 10.8 Å². The van der Waals surface area contributed by atoms with Gasteiger partial charge in [-0.2, -0.15) is 0 Å². The van der Waals surface area contributed by atoms with Gasteiger partial charge >= 0.3 is 0 Å². The van der Waals surface area contributed by atoms with Gasteiger partial charge in [-0.3, -0.25) is 29.0 Å². The van der Waals surface area contributed by atoms with Gasteiger partial charge in [0.05, 0.1) is 23.9 Å². The number of nitrogens with one attached hydrogen (secondary N) is 2. The van der Waals surface area contributed by atoms with Crippen LogP contribution in [0.25, 0.3) is 0 Å². The monoisotopic (exact) mass is 550 g/mol. The lowest BCUT2D eigenvalue weighted by atomic mass is 9.62. The van der Waals surface area contributed by atoms with E-state index in [2.05, 4.69) is 51.4 Å². The summed E-state index contributed by atoms with van der Waals surface area (Å²) >= 11 is 0. The molecule has 216 valence electrons. The van der Waals surface area contributed by atoms with Crippen LogP contribution in [0, 0.1) is 57.2 Å². The Balaban J connectivity index is 1.05. The van der Waals surface area contributed by atoms with E-state index in [1.165, 1.54) is 19.6 Å². The quantitative estimate of drug-likeness (QED) is 0.362. The predicted octanol–water partition coefficient (Wildman–Crippen LogP) is -0.601. The minimum absolute atomic E-state index is 0.0515. The van der Waals surface area contributed by atoms with E-state index in [1.807, 2.05) is 13.8 Å². The van der Waals surface area contributed by atoms with Gasteiger partial charge < -0.3 is 9.80 Å². The molecule has 0 spiro atoms. The second kappa shape index (κ2) is 10.00. The molecule has 5 fully saturated rings. The number of hydrogen-bond acceptors (Lipinski definition) is 4. The Labute approximate surface area is 239 Å². The fourth-order valence-electron chi connectivity index (χ4n) is 8.06. The van der Waals surface area contributed by atoms with Crippen LogP contribution in [0.3, 0.4) is 0 Å². The molecule has 5 rings (SSSR count). The number of carbonyl (C=O) groups excluding carboxylic acids is 4. The standard InChI is InChI=1S/C32H44N4O4/c1-29(2)23-11-13-31(29,5)27(39)35(25(23)37)17-9-7-15-33-19-21-34(22-20-33)16-8-10-18-36-26(38)24-12-14-32(6,28(36)40)30(24,3)4/h23-24H,11-22H2,1-6H3/p+2/t23-,24+,31-,32+. The van der Waals surface area contributed by atoms with E-state index in [1.54, 1.807) is 0 Å². The summed E-state index contributed by atoms with van der Waals surface area (Å²) in [6, 6.07) is 0. The van der Waals surface area contributed by atoms with Gasteiger partial charge in [0.25, 0.3) is 0 Å². The van der Waals surface area contributed by atoms with E-state index in [9.17, 15) is 19.2 Å². The van der Waals surface area contributed by atoms with Gasteiger partial charge in [0.1, 0.15) is 39.3 Å². The molecule has 0 aromatic carbocycles. The van der Waals surface area contributed by atoms with Gasteiger partial charge in [0.2, 0.25) is 23.6 Å². The molecule has 2 aliphatic carbocycles. The first-order chi connectivity index (χ1) is 18.8. The van der Waals surface area contributed by atoms with Crippen molar-refractivity contribution in [1.29, 1.82) is 0 Å². The van der Waals surface area contributed by atoms with Gasteiger partial charge in [-0.25, -0.2) is 0 Å². The number of quaternary nitrogens is 2. The summed E-state index contributed by atoms with van der Waals surface area (Å²) < 4.78 is 0. The minimum Gasteiger partial charge on any atom is -0.316 e. The molecule has 8 heteroatoms. The molecule has 4 atom stereocenters. The van der Waals surface area contributed by atoms with Crippen molar-refractivity contribution in [1.82, 2.24) is 9.80 Å². The third kappa shape index (κ3) is 4.22. The van der Waals surface area contributed by atoms with Crippen LogP contribution in [0.2, 0.25) is 0 Å². The Hall–Kier alpha value is -2.68. The van der Waals surface area contributed by atoms with Crippen LogP contribution in [0.5, 0.6) is 0 Å². The molecule has 5 aliphatic rings. The van der Waals surface area contributed by atoms with Gasteiger partial charge in [0.15, 0.2) is 0 Å². The summed E-state index contributed by atoms with van der Waals surface area (Å²) in [5.41, 5.74) is -1.54. The SMILES string of the molecule is CC1(C)[C@H]2CC[C@@]1(C)C(=O)N(CC#CC[NH+]1CC[NH+](CC#CCN3C(=O)[C@H]4CC[C@](C)(C3=O)C4(C)C)CC1)C2=O. The molecule has 3 saturated heterocycles. The Kier molecular flexibility index (Phi) is 7.21. The van der Waals surface area contributed by atoms with Crippen LogP contribution in [0.4, 0.5) is 0 Å². The van der Waals surface area contributed by atoms with Crippen molar-refractivity contribution in [2.45, 2.75) is 67.2 Å². The number of carbonyl (C=O) groups is 4. The van der Waals surface area contributed by atoms with Crippen LogP contribution in [-0.2, 0) is 19.2 Å². The highest BCUT2D eigenvalue weighted by Crippen LogP contribution is 2.61. The second-order valence-corrected chi connectivity index (χ2v) is 14.3. The van der Waals surface area contributed by atoms with Crippen molar-refractivity contribution >= 4 is 23.6 Å². The molecular weight excluding hydrogens is 504 g/mol. The predicted molar refractivity (Wildman–Crippen MR) is 149 cm³/mol. The lowest BCUT2D eigenvalue weighted by molar-refractivity contribution is -1.01. The van der Waals surface area contributed by atoms with Crippen molar-refractivity contribution < 1.29 is 29.0 Å². The average Bonchev–Trinajstić information content (AvgIpc) is 3.22. The van der Waals surface area contributed by atoms with Crippen LogP contribution >= 0.6 is 0 Å². The zero-order valence-corrected chi connectivity index (χ0v) is 25.2.